The number of hydrogen-bond donors (Lipinski definition) is 2. The van der Waals surface area contributed by atoms with Crippen LogP contribution in [-0.2, 0) is 0 Å². The van der Waals surface area contributed by atoms with E-state index in [1.54, 1.807) is 0 Å². The second-order valence-electron chi connectivity index (χ2n) is 4.52. The third-order valence-electron chi connectivity index (χ3n) is 3.15. The van der Waals surface area contributed by atoms with Gasteiger partial charge in [0.2, 0.25) is 0 Å². The van der Waals surface area contributed by atoms with Crippen LogP contribution in [0.4, 0.5) is 20.4 Å². The van der Waals surface area contributed by atoms with Gasteiger partial charge in [-0.3, -0.25) is 0 Å². The SMILES string of the molecule is Nc1nc(NC2CCCCCC2)c(F)cc1F. The Morgan fingerprint density at radius 2 is 1.76 bits per heavy atom. The first-order valence-corrected chi connectivity index (χ1v) is 6.05. The summed E-state index contributed by atoms with van der Waals surface area (Å²) in [7, 11) is 0. The van der Waals surface area contributed by atoms with Gasteiger partial charge < -0.3 is 11.1 Å². The number of nitrogen functional groups attached to an aromatic ring is 1. The van der Waals surface area contributed by atoms with E-state index in [4.69, 9.17) is 5.73 Å². The molecule has 0 bridgehead atoms. The Morgan fingerprint density at radius 3 is 2.41 bits per heavy atom. The summed E-state index contributed by atoms with van der Waals surface area (Å²) >= 11 is 0. The van der Waals surface area contributed by atoms with Crippen molar-refractivity contribution in [2.45, 2.75) is 44.6 Å². The highest BCUT2D eigenvalue weighted by molar-refractivity contribution is 5.45. The minimum Gasteiger partial charge on any atom is -0.381 e. The molecule has 17 heavy (non-hydrogen) atoms. The molecule has 1 aromatic rings. The van der Waals surface area contributed by atoms with E-state index in [-0.39, 0.29) is 17.7 Å². The van der Waals surface area contributed by atoms with Gasteiger partial charge >= 0.3 is 0 Å². The van der Waals surface area contributed by atoms with Crippen molar-refractivity contribution in [3.05, 3.63) is 17.7 Å². The predicted octanol–water partition coefficient (Wildman–Crippen LogP) is 3.08. The van der Waals surface area contributed by atoms with Gasteiger partial charge in [0.05, 0.1) is 0 Å². The van der Waals surface area contributed by atoms with Crippen LogP contribution in [0.2, 0.25) is 0 Å². The van der Waals surface area contributed by atoms with Crippen molar-refractivity contribution in [2.24, 2.45) is 0 Å². The molecule has 1 saturated carbocycles. The molecule has 1 aliphatic carbocycles. The van der Waals surface area contributed by atoms with E-state index in [1.165, 1.54) is 12.8 Å². The summed E-state index contributed by atoms with van der Waals surface area (Å²) < 4.78 is 26.4. The van der Waals surface area contributed by atoms with E-state index in [0.717, 1.165) is 31.7 Å². The van der Waals surface area contributed by atoms with E-state index in [0.29, 0.717) is 0 Å². The second-order valence-corrected chi connectivity index (χ2v) is 4.52. The Balaban J connectivity index is 2.09. The third-order valence-corrected chi connectivity index (χ3v) is 3.15. The highest BCUT2D eigenvalue weighted by Crippen LogP contribution is 2.23. The van der Waals surface area contributed by atoms with Crippen molar-refractivity contribution >= 4 is 11.6 Å². The Hall–Kier alpha value is -1.39. The van der Waals surface area contributed by atoms with Crippen LogP contribution in [0, 0.1) is 11.6 Å². The van der Waals surface area contributed by atoms with Crippen LogP contribution >= 0.6 is 0 Å². The zero-order chi connectivity index (χ0) is 12.3. The smallest absolute Gasteiger partial charge is 0.168 e. The van der Waals surface area contributed by atoms with Crippen LogP contribution in [0.25, 0.3) is 0 Å². The molecule has 2 rings (SSSR count). The Labute approximate surface area is 99.4 Å². The van der Waals surface area contributed by atoms with Crippen molar-refractivity contribution in [3.8, 4) is 0 Å². The zero-order valence-electron chi connectivity index (χ0n) is 9.68. The first kappa shape index (κ1) is 12.1. The molecule has 0 spiro atoms. The average molecular weight is 241 g/mol. The number of anilines is 2. The molecule has 5 heteroatoms. The van der Waals surface area contributed by atoms with Crippen molar-refractivity contribution in [3.63, 3.8) is 0 Å². The largest absolute Gasteiger partial charge is 0.381 e. The van der Waals surface area contributed by atoms with Crippen molar-refractivity contribution < 1.29 is 8.78 Å². The Morgan fingerprint density at radius 1 is 1.12 bits per heavy atom. The lowest BCUT2D eigenvalue weighted by Crippen LogP contribution is -2.20. The standard InChI is InChI=1S/C12H17F2N3/c13-9-7-10(14)12(17-11(9)15)16-8-5-3-1-2-4-6-8/h7-8H,1-6H2,(H3,15,16,17). The van der Waals surface area contributed by atoms with Gasteiger partial charge in [-0.15, -0.1) is 0 Å². The average Bonchev–Trinajstić information content (AvgIpc) is 2.54. The number of nitrogens with two attached hydrogens (primary N) is 1. The molecule has 3 nitrogen and oxygen atoms in total. The monoisotopic (exact) mass is 241 g/mol. The lowest BCUT2D eigenvalue weighted by molar-refractivity contribution is 0.567. The lowest BCUT2D eigenvalue weighted by atomic mass is 10.1. The Kier molecular flexibility index (Phi) is 3.76. The minimum absolute atomic E-state index is 0.0656. The summed E-state index contributed by atoms with van der Waals surface area (Å²) in [4.78, 5) is 3.71. The molecule has 0 aromatic carbocycles. The fourth-order valence-electron chi connectivity index (χ4n) is 2.20. The normalized spacial score (nSPS) is 17.8. The molecule has 0 atom stereocenters. The maximum Gasteiger partial charge on any atom is 0.168 e. The minimum atomic E-state index is -0.811. The molecule has 3 N–H and O–H groups in total. The zero-order valence-corrected chi connectivity index (χ0v) is 9.68. The highest BCUT2D eigenvalue weighted by atomic mass is 19.1. The van der Waals surface area contributed by atoms with Crippen molar-refractivity contribution in [1.82, 2.24) is 4.98 Å². The van der Waals surface area contributed by atoms with Gasteiger partial charge in [-0.05, 0) is 12.8 Å². The van der Waals surface area contributed by atoms with Crippen LogP contribution in [-0.4, -0.2) is 11.0 Å². The topological polar surface area (TPSA) is 50.9 Å². The number of pyridine rings is 1. The second kappa shape index (κ2) is 5.29. The van der Waals surface area contributed by atoms with Gasteiger partial charge in [0.15, 0.2) is 23.3 Å². The highest BCUT2D eigenvalue weighted by Gasteiger charge is 2.16. The van der Waals surface area contributed by atoms with Crippen molar-refractivity contribution in [1.29, 1.82) is 0 Å². The number of nitrogens with one attached hydrogen (secondary N) is 1. The molecule has 0 aliphatic heterocycles. The van der Waals surface area contributed by atoms with E-state index in [1.807, 2.05) is 0 Å². The molecule has 1 heterocycles. The first-order valence-electron chi connectivity index (χ1n) is 6.05. The maximum atomic E-state index is 13.5. The molecule has 0 unspecified atom stereocenters. The van der Waals surface area contributed by atoms with E-state index in [2.05, 4.69) is 10.3 Å². The lowest BCUT2D eigenvalue weighted by Gasteiger charge is -2.17. The van der Waals surface area contributed by atoms with Gasteiger partial charge in [0.25, 0.3) is 0 Å². The summed E-state index contributed by atoms with van der Waals surface area (Å²) in [6.07, 6.45) is 6.71. The van der Waals surface area contributed by atoms with Crippen LogP contribution in [0.5, 0.6) is 0 Å². The van der Waals surface area contributed by atoms with Crippen LogP contribution in [0.1, 0.15) is 38.5 Å². The van der Waals surface area contributed by atoms with E-state index >= 15 is 0 Å². The van der Waals surface area contributed by atoms with Gasteiger partial charge in [0, 0.05) is 12.1 Å². The molecule has 1 fully saturated rings. The maximum absolute atomic E-state index is 13.5. The van der Waals surface area contributed by atoms with Gasteiger partial charge in [0.1, 0.15) is 0 Å². The van der Waals surface area contributed by atoms with Crippen LogP contribution < -0.4 is 11.1 Å². The molecule has 94 valence electrons. The fraction of sp³-hybridized carbons (Fsp3) is 0.583. The number of hydrogen-bond acceptors (Lipinski definition) is 3. The molecular formula is C12H17F2N3. The Bertz CT molecular complexity index is 388. The third kappa shape index (κ3) is 3.05. The molecule has 0 radical (unpaired) electrons. The first-order chi connectivity index (χ1) is 8.16. The quantitative estimate of drug-likeness (QED) is 0.782. The van der Waals surface area contributed by atoms with Crippen LogP contribution in [0.15, 0.2) is 6.07 Å². The van der Waals surface area contributed by atoms with Gasteiger partial charge in [-0.25, -0.2) is 13.8 Å². The molecule has 0 amide bonds. The summed E-state index contributed by atoms with van der Waals surface area (Å²) in [5.74, 6) is -1.69. The van der Waals surface area contributed by atoms with Gasteiger partial charge in [-0.2, -0.15) is 0 Å². The van der Waals surface area contributed by atoms with Crippen LogP contribution in [0.3, 0.4) is 0 Å². The molecule has 1 aromatic heterocycles. The predicted molar refractivity (Wildman–Crippen MR) is 63.7 cm³/mol. The number of nitrogens with zero attached hydrogens (tertiary/aromatic N) is 1. The summed E-state index contributed by atoms with van der Waals surface area (Å²) in [6.45, 7) is 0. The molecule has 0 saturated heterocycles. The van der Waals surface area contributed by atoms with E-state index < -0.39 is 11.6 Å². The number of aromatic nitrogens is 1. The van der Waals surface area contributed by atoms with E-state index in [9.17, 15) is 8.78 Å². The molecular weight excluding hydrogens is 224 g/mol. The molecule has 1 aliphatic rings. The summed E-state index contributed by atoms with van der Waals surface area (Å²) in [6, 6.07) is 0.992. The van der Waals surface area contributed by atoms with Crippen molar-refractivity contribution in [2.75, 3.05) is 11.1 Å². The fourth-order valence-corrected chi connectivity index (χ4v) is 2.20. The number of halogens is 2. The van der Waals surface area contributed by atoms with Gasteiger partial charge in [-0.1, -0.05) is 25.7 Å². The number of rotatable bonds is 2. The summed E-state index contributed by atoms with van der Waals surface area (Å²) in [5, 5.41) is 3.02. The summed E-state index contributed by atoms with van der Waals surface area (Å²) in [5.41, 5.74) is 5.33.